The number of aryl methyl sites for hydroxylation is 2. The first kappa shape index (κ1) is 11.9. The van der Waals surface area contributed by atoms with Crippen molar-refractivity contribution in [3.05, 3.63) is 33.1 Å². The molecule has 0 saturated carbocycles. The van der Waals surface area contributed by atoms with E-state index in [9.17, 15) is 4.79 Å². The molecule has 0 aromatic carbocycles. The predicted molar refractivity (Wildman–Crippen MR) is 66.6 cm³/mol. The highest BCUT2D eigenvalue weighted by atomic mass is 35.5. The number of nitrogens with zero attached hydrogens (tertiary/aromatic N) is 3. The molecule has 0 saturated heterocycles. The largest absolute Gasteiger partial charge is 0.303 e. The monoisotopic (exact) mass is 268 g/mol. The van der Waals surface area contributed by atoms with Gasteiger partial charge in [-0.15, -0.1) is 11.3 Å². The van der Waals surface area contributed by atoms with E-state index >= 15 is 0 Å². The summed E-state index contributed by atoms with van der Waals surface area (Å²) in [5.41, 5.74) is 0.699. The van der Waals surface area contributed by atoms with E-state index in [-0.39, 0.29) is 16.9 Å². The minimum absolute atomic E-state index is 0.166. The van der Waals surface area contributed by atoms with Gasteiger partial charge in [-0.1, -0.05) is 11.6 Å². The van der Waals surface area contributed by atoms with E-state index in [1.54, 1.807) is 6.92 Å². The molecule has 0 spiro atoms. The fourth-order valence-corrected chi connectivity index (χ4v) is 2.28. The number of amides is 1. The molecule has 0 aliphatic heterocycles. The normalized spacial score (nSPS) is 10.3. The van der Waals surface area contributed by atoms with Crippen LogP contribution in [0.2, 0.25) is 5.15 Å². The van der Waals surface area contributed by atoms with Gasteiger partial charge in [0, 0.05) is 12.4 Å². The van der Waals surface area contributed by atoms with E-state index in [0.717, 1.165) is 5.01 Å². The Bertz CT molecular complexity index is 569. The van der Waals surface area contributed by atoms with Crippen molar-refractivity contribution in [1.82, 2.24) is 15.0 Å². The summed E-state index contributed by atoms with van der Waals surface area (Å²) in [5, 5.41) is 3.62. The zero-order valence-electron chi connectivity index (χ0n) is 9.19. The fraction of sp³-hybridized carbons (Fsp3) is 0.200. The van der Waals surface area contributed by atoms with Crippen LogP contribution in [-0.2, 0) is 0 Å². The van der Waals surface area contributed by atoms with E-state index in [1.165, 1.54) is 23.7 Å². The van der Waals surface area contributed by atoms with Crippen LogP contribution >= 0.6 is 22.9 Å². The summed E-state index contributed by atoms with van der Waals surface area (Å²) in [4.78, 5) is 24.4. The van der Waals surface area contributed by atoms with Gasteiger partial charge in [-0.2, -0.15) is 0 Å². The Hall–Kier alpha value is -1.53. The van der Waals surface area contributed by atoms with Crippen LogP contribution in [0.4, 0.5) is 5.82 Å². The molecule has 2 aromatic heterocycles. The Morgan fingerprint density at radius 1 is 1.35 bits per heavy atom. The number of anilines is 1. The molecular formula is C10H9ClN4OS. The molecule has 0 fully saturated rings. The molecule has 0 unspecified atom stereocenters. The van der Waals surface area contributed by atoms with Gasteiger partial charge >= 0.3 is 0 Å². The maximum absolute atomic E-state index is 11.9. The molecule has 0 radical (unpaired) electrons. The van der Waals surface area contributed by atoms with Crippen molar-refractivity contribution in [1.29, 1.82) is 0 Å². The van der Waals surface area contributed by atoms with Crippen LogP contribution in [0.3, 0.4) is 0 Å². The summed E-state index contributed by atoms with van der Waals surface area (Å²) in [5.74, 6) is -0.0138. The van der Waals surface area contributed by atoms with Gasteiger partial charge in [0.25, 0.3) is 5.91 Å². The minimum Gasteiger partial charge on any atom is -0.303 e. The topological polar surface area (TPSA) is 67.8 Å². The van der Waals surface area contributed by atoms with Crippen LogP contribution in [0.5, 0.6) is 0 Å². The number of carbonyl (C=O) groups excluding carboxylic acids is 1. The summed E-state index contributed by atoms with van der Waals surface area (Å²) in [6.45, 7) is 3.64. The van der Waals surface area contributed by atoms with Gasteiger partial charge in [0.15, 0.2) is 11.0 Å². The number of rotatable bonds is 2. The third-order valence-corrected chi connectivity index (χ3v) is 3.34. The second-order valence-electron chi connectivity index (χ2n) is 3.30. The Morgan fingerprint density at radius 3 is 2.65 bits per heavy atom. The second kappa shape index (κ2) is 4.77. The molecule has 0 atom stereocenters. The predicted octanol–water partition coefficient (Wildman–Crippen LogP) is 2.46. The molecule has 2 heterocycles. The lowest BCUT2D eigenvalue weighted by molar-refractivity contribution is 0.102. The quantitative estimate of drug-likeness (QED) is 0.908. The average Bonchev–Trinajstić information content (AvgIpc) is 2.61. The van der Waals surface area contributed by atoms with Crippen molar-refractivity contribution in [3.63, 3.8) is 0 Å². The number of hydrogen-bond donors (Lipinski definition) is 1. The lowest BCUT2D eigenvalue weighted by Crippen LogP contribution is -2.13. The van der Waals surface area contributed by atoms with Crippen LogP contribution in [-0.4, -0.2) is 20.9 Å². The third-order valence-electron chi connectivity index (χ3n) is 2.00. The summed E-state index contributed by atoms with van der Waals surface area (Å²) in [7, 11) is 0. The minimum atomic E-state index is -0.268. The molecule has 2 aromatic rings. The van der Waals surface area contributed by atoms with Crippen molar-refractivity contribution < 1.29 is 4.79 Å². The number of nitrogens with one attached hydrogen (secondary N) is 1. The first-order valence-corrected chi connectivity index (χ1v) is 5.99. The molecule has 2 rings (SSSR count). The van der Waals surface area contributed by atoms with Crippen LogP contribution in [0.25, 0.3) is 0 Å². The van der Waals surface area contributed by atoms with E-state index in [4.69, 9.17) is 11.6 Å². The standard InChI is InChI=1S/C10H9ClN4OS/c1-5-7(17-6(2)14-5)10(16)15-9-8(11)12-3-4-13-9/h3-4H,1-2H3,(H,13,15,16). The zero-order chi connectivity index (χ0) is 12.4. The van der Waals surface area contributed by atoms with Crippen molar-refractivity contribution in [3.8, 4) is 0 Å². The lowest BCUT2D eigenvalue weighted by atomic mass is 10.4. The number of hydrogen-bond acceptors (Lipinski definition) is 5. The Kier molecular flexibility index (Phi) is 3.35. The van der Waals surface area contributed by atoms with Crippen molar-refractivity contribution in [2.75, 3.05) is 5.32 Å². The van der Waals surface area contributed by atoms with E-state index in [2.05, 4.69) is 20.3 Å². The van der Waals surface area contributed by atoms with Crippen LogP contribution in [0.15, 0.2) is 12.4 Å². The lowest BCUT2D eigenvalue weighted by Gasteiger charge is -2.03. The Morgan fingerprint density at radius 2 is 2.06 bits per heavy atom. The summed E-state index contributed by atoms with van der Waals surface area (Å²) >= 11 is 7.13. The second-order valence-corrected chi connectivity index (χ2v) is 4.86. The molecule has 0 aliphatic rings. The molecule has 7 heteroatoms. The number of carbonyl (C=O) groups is 1. The smallest absolute Gasteiger partial charge is 0.268 e. The van der Waals surface area contributed by atoms with Crippen LogP contribution in [0.1, 0.15) is 20.4 Å². The third kappa shape index (κ3) is 2.59. The maximum atomic E-state index is 11.9. The fourth-order valence-electron chi connectivity index (χ4n) is 1.31. The van der Waals surface area contributed by atoms with Gasteiger partial charge in [0.2, 0.25) is 0 Å². The highest BCUT2D eigenvalue weighted by Crippen LogP contribution is 2.20. The number of halogens is 1. The molecule has 88 valence electrons. The first-order valence-electron chi connectivity index (χ1n) is 4.80. The molecule has 17 heavy (non-hydrogen) atoms. The van der Waals surface area contributed by atoms with Gasteiger partial charge in [0.1, 0.15) is 4.88 Å². The highest BCUT2D eigenvalue weighted by molar-refractivity contribution is 7.13. The van der Waals surface area contributed by atoms with Crippen molar-refractivity contribution >= 4 is 34.7 Å². The highest BCUT2D eigenvalue weighted by Gasteiger charge is 2.15. The maximum Gasteiger partial charge on any atom is 0.268 e. The number of thiazole rings is 1. The molecule has 1 amide bonds. The summed E-state index contributed by atoms with van der Waals surface area (Å²) in [6, 6.07) is 0. The first-order chi connectivity index (χ1) is 8.08. The van der Waals surface area contributed by atoms with Crippen molar-refractivity contribution in [2.45, 2.75) is 13.8 Å². The Labute approximate surface area is 107 Å². The zero-order valence-corrected chi connectivity index (χ0v) is 10.8. The summed E-state index contributed by atoms with van der Waals surface area (Å²) in [6.07, 6.45) is 2.92. The van der Waals surface area contributed by atoms with Crippen molar-refractivity contribution in [2.24, 2.45) is 0 Å². The van der Waals surface area contributed by atoms with E-state index in [0.29, 0.717) is 10.6 Å². The van der Waals surface area contributed by atoms with Gasteiger partial charge in [-0.05, 0) is 13.8 Å². The van der Waals surface area contributed by atoms with Gasteiger partial charge in [0.05, 0.1) is 10.7 Å². The SMILES string of the molecule is Cc1nc(C)c(C(=O)Nc2nccnc2Cl)s1. The molecule has 1 N–H and O–H groups in total. The molecule has 0 aliphatic carbocycles. The van der Waals surface area contributed by atoms with E-state index < -0.39 is 0 Å². The number of aromatic nitrogens is 3. The van der Waals surface area contributed by atoms with Crippen LogP contribution < -0.4 is 5.32 Å². The summed E-state index contributed by atoms with van der Waals surface area (Å²) < 4.78 is 0. The molecule has 5 nitrogen and oxygen atoms in total. The van der Waals surface area contributed by atoms with Gasteiger partial charge < -0.3 is 5.32 Å². The van der Waals surface area contributed by atoms with Gasteiger partial charge in [-0.3, -0.25) is 4.79 Å². The average molecular weight is 269 g/mol. The molecular weight excluding hydrogens is 260 g/mol. The van der Waals surface area contributed by atoms with E-state index in [1.807, 2.05) is 6.92 Å². The van der Waals surface area contributed by atoms with Crippen LogP contribution in [0, 0.1) is 13.8 Å². The Balaban J connectivity index is 2.23. The van der Waals surface area contributed by atoms with Gasteiger partial charge in [-0.25, -0.2) is 15.0 Å². The molecule has 0 bridgehead atoms.